The van der Waals surface area contributed by atoms with Crippen molar-refractivity contribution in [2.75, 3.05) is 5.32 Å². The molecule has 0 radical (unpaired) electrons. The molecule has 2 aromatic heterocycles. The molecule has 29 heavy (non-hydrogen) atoms. The standard InChI is InChI=1S/C19H15ClFN5O2S/c1-10-17(29-18(22-10)13-5-4-12(21)8-14(13)20)23-19(27)28-9-11-3-6-16-15(7-11)24-25-26(16)2/h3-8H,9H2,1-2H3,(H,23,27). The fraction of sp³-hybridized carbons (Fsp3) is 0.158. The Hall–Kier alpha value is -3.04. The van der Waals surface area contributed by atoms with Crippen molar-refractivity contribution in [3.8, 4) is 10.6 Å². The fourth-order valence-corrected chi connectivity index (χ4v) is 4.05. The van der Waals surface area contributed by atoms with E-state index in [1.807, 2.05) is 25.2 Å². The minimum absolute atomic E-state index is 0.0901. The number of amides is 1. The second-order valence-electron chi connectivity index (χ2n) is 6.29. The van der Waals surface area contributed by atoms with E-state index in [0.29, 0.717) is 21.3 Å². The molecule has 0 aliphatic rings. The minimum atomic E-state index is -0.604. The van der Waals surface area contributed by atoms with E-state index in [0.717, 1.165) is 16.6 Å². The lowest BCUT2D eigenvalue weighted by molar-refractivity contribution is 0.155. The molecule has 2 aromatic carbocycles. The first kappa shape index (κ1) is 19.3. The molecule has 0 atom stereocenters. The van der Waals surface area contributed by atoms with E-state index < -0.39 is 11.9 Å². The number of nitrogens with zero attached hydrogens (tertiary/aromatic N) is 4. The Balaban J connectivity index is 1.43. The summed E-state index contributed by atoms with van der Waals surface area (Å²) in [5.74, 6) is -0.423. The third-order valence-electron chi connectivity index (χ3n) is 4.22. The Labute approximate surface area is 174 Å². The van der Waals surface area contributed by atoms with Gasteiger partial charge in [-0.05, 0) is 42.8 Å². The average Bonchev–Trinajstić information content (AvgIpc) is 3.23. The maximum Gasteiger partial charge on any atom is 0.412 e. The second kappa shape index (κ2) is 7.76. The zero-order chi connectivity index (χ0) is 20.5. The van der Waals surface area contributed by atoms with Gasteiger partial charge in [0.05, 0.1) is 16.2 Å². The van der Waals surface area contributed by atoms with Crippen LogP contribution in [-0.4, -0.2) is 26.1 Å². The van der Waals surface area contributed by atoms with Crippen LogP contribution in [0.2, 0.25) is 5.02 Å². The number of halogens is 2. The molecule has 4 rings (SSSR count). The quantitative estimate of drug-likeness (QED) is 0.494. The number of aryl methyl sites for hydroxylation is 2. The highest BCUT2D eigenvalue weighted by Gasteiger charge is 2.15. The number of aromatic nitrogens is 4. The molecule has 0 aliphatic heterocycles. The predicted octanol–water partition coefficient (Wildman–Crippen LogP) is 4.94. The molecule has 0 bridgehead atoms. The lowest BCUT2D eigenvalue weighted by Crippen LogP contribution is -2.13. The SMILES string of the molecule is Cc1nc(-c2ccc(F)cc2Cl)sc1NC(=O)OCc1ccc2c(c1)nnn2C. The number of nitrogens with one attached hydrogen (secondary N) is 1. The van der Waals surface area contributed by atoms with Crippen LogP contribution in [0.4, 0.5) is 14.2 Å². The highest BCUT2D eigenvalue weighted by atomic mass is 35.5. The van der Waals surface area contributed by atoms with Gasteiger partial charge in [0.15, 0.2) is 0 Å². The molecule has 0 saturated carbocycles. The van der Waals surface area contributed by atoms with E-state index >= 15 is 0 Å². The van der Waals surface area contributed by atoms with Crippen LogP contribution in [0.25, 0.3) is 21.6 Å². The number of hydrogen-bond donors (Lipinski definition) is 1. The van der Waals surface area contributed by atoms with E-state index in [-0.39, 0.29) is 11.6 Å². The van der Waals surface area contributed by atoms with Crippen LogP contribution in [0, 0.1) is 12.7 Å². The smallest absolute Gasteiger partial charge is 0.412 e. The monoisotopic (exact) mass is 431 g/mol. The van der Waals surface area contributed by atoms with Crippen LogP contribution in [0.3, 0.4) is 0 Å². The summed E-state index contributed by atoms with van der Waals surface area (Å²) in [6, 6.07) is 9.64. The number of carbonyl (C=O) groups is 1. The van der Waals surface area contributed by atoms with Crippen LogP contribution in [-0.2, 0) is 18.4 Å². The molecule has 4 aromatic rings. The Morgan fingerprint density at radius 3 is 2.93 bits per heavy atom. The lowest BCUT2D eigenvalue weighted by Gasteiger charge is -2.06. The molecule has 1 amide bonds. The third kappa shape index (κ3) is 4.06. The molecular formula is C19H15ClFN5O2S. The molecular weight excluding hydrogens is 417 g/mol. The van der Waals surface area contributed by atoms with Crippen molar-refractivity contribution in [2.45, 2.75) is 13.5 Å². The summed E-state index contributed by atoms with van der Waals surface area (Å²) in [5.41, 5.74) is 3.63. The highest BCUT2D eigenvalue weighted by molar-refractivity contribution is 7.19. The summed E-state index contributed by atoms with van der Waals surface area (Å²) in [6.07, 6.45) is -0.604. The first-order chi connectivity index (χ1) is 13.9. The molecule has 0 aliphatic carbocycles. The number of hydrogen-bond acceptors (Lipinski definition) is 6. The molecule has 2 heterocycles. The topological polar surface area (TPSA) is 81.9 Å². The van der Waals surface area contributed by atoms with Crippen molar-refractivity contribution >= 4 is 45.1 Å². The molecule has 0 fully saturated rings. The molecule has 10 heteroatoms. The van der Waals surface area contributed by atoms with Crippen LogP contribution < -0.4 is 5.32 Å². The van der Waals surface area contributed by atoms with Crippen molar-refractivity contribution in [2.24, 2.45) is 7.05 Å². The van der Waals surface area contributed by atoms with Crippen LogP contribution in [0.5, 0.6) is 0 Å². The van der Waals surface area contributed by atoms with E-state index in [9.17, 15) is 9.18 Å². The van der Waals surface area contributed by atoms with Crippen molar-refractivity contribution in [3.05, 3.63) is 58.5 Å². The molecule has 0 spiro atoms. The first-order valence-corrected chi connectivity index (χ1v) is 9.75. The number of anilines is 1. The Morgan fingerprint density at radius 1 is 1.31 bits per heavy atom. The van der Waals surface area contributed by atoms with Crippen LogP contribution in [0.1, 0.15) is 11.3 Å². The van der Waals surface area contributed by atoms with Gasteiger partial charge < -0.3 is 4.74 Å². The van der Waals surface area contributed by atoms with E-state index in [4.69, 9.17) is 16.3 Å². The molecule has 7 nitrogen and oxygen atoms in total. The second-order valence-corrected chi connectivity index (χ2v) is 7.70. The number of thiazole rings is 1. The summed E-state index contributed by atoms with van der Waals surface area (Å²) in [7, 11) is 1.81. The highest BCUT2D eigenvalue weighted by Crippen LogP contribution is 2.35. The van der Waals surface area contributed by atoms with Crippen molar-refractivity contribution in [3.63, 3.8) is 0 Å². The largest absolute Gasteiger partial charge is 0.444 e. The maximum atomic E-state index is 13.2. The summed E-state index contributed by atoms with van der Waals surface area (Å²) >= 11 is 7.33. The molecule has 1 N–H and O–H groups in total. The van der Waals surface area contributed by atoms with Crippen LogP contribution >= 0.6 is 22.9 Å². The zero-order valence-electron chi connectivity index (χ0n) is 15.4. The minimum Gasteiger partial charge on any atom is -0.444 e. The third-order valence-corrected chi connectivity index (χ3v) is 5.64. The summed E-state index contributed by atoms with van der Waals surface area (Å²) in [6.45, 7) is 1.85. The van der Waals surface area contributed by atoms with Gasteiger partial charge in [0.1, 0.15) is 27.9 Å². The Bertz CT molecular complexity index is 1220. The number of ether oxygens (including phenoxy) is 1. The average molecular weight is 432 g/mol. The molecule has 148 valence electrons. The lowest BCUT2D eigenvalue weighted by atomic mass is 10.2. The van der Waals surface area contributed by atoms with Crippen LogP contribution in [0.15, 0.2) is 36.4 Å². The summed E-state index contributed by atoms with van der Waals surface area (Å²) < 4.78 is 20.2. The number of benzene rings is 2. The van der Waals surface area contributed by atoms with Gasteiger partial charge in [-0.25, -0.2) is 18.9 Å². The number of rotatable bonds is 4. The predicted molar refractivity (Wildman–Crippen MR) is 110 cm³/mol. The van der Waals surface area contributed by atoms with Gasteiger partial charge in [-0.1, -0.05) is 34.2 Å². The summed E-state index contributed by atoms with van der Waals surface area (Å²) in [5, 5.41) is 12.1. The number of fused-ring (bicyclic) bond motifs is 1. The normalized spacial score (nSPS) is 11.0. The molecule has 0 unspecified atom stereocenters. The van der Waals surface area contributed by atoms with Gasteiger partial charge in [0, 0.05) is 12.6 Å². The zero-order valence-corrected chi connectivity index (χ0v) is 17.0. The first-order valence-electron chi connectivity index (χ1n) is 8.55. The summed E-state index contributed by atoms with van der Waals surface area (Å²) in [4.78, 5) is 16.6. The Morgan fingerprint density at radius 2 is 2.14 bits per heavy atom. The van der Waals surface area contributed by atoms with Gasteiger partial charge in [-0.3, -0.25) is 5.32 Å². The van der Waals surface area contributed by atoms with E-state index in [2.05, 4.69) is 20.6 Å². The van der Waals surface area contributed by atoms with Crippen molar-refractivity contribution in [1.82, 2.24) is 20.0 Å². The van der Waals surface area contributed by atoms with E-state index in [1.165, 1.54) is 23.5 Å². The van der Waals surface area contributed by atoms with Gasteiger partial charge in [0.25, 0.3) is 0 Å². The van der Waals surface area contributed by atoms with E-state index in [1.54, 1.807) is 17.7 Å². The van der Waals surface area contributed by atoms with Gasteiger partial charge >= 0.3 is 6.09 Å². The van der Waals surface area contributed by atoms with Crippen molar-refractivity contribution < 1.29 is 13.9 Å². The van der Waals surface area contributed by atoms with Crippen molar-refractivity contribution in [1.29, 1.82) is 0 Å². The van der Waals surface area contributed by atoms with Gasteiger partial charge in [0.2, 0.25) is 0 Å². The maximum absolute atomic E-state index is 13.2. The van der Waals surface area contributed by atoms with Gasteiger partial charge in [-0.15, -0.1) is 5.10 Å². The Kier molecular flexibility index (Phi) is 5.16. The molecule has 0 saturated heterocycles. The number of carbonyl (C=O) groups excluding carboxylic acids is 1. The fourth-order valence-electron chi connectivity index (χ4n) is 2.74. The van der Waals surface area contributed by atoms with Gasteiger partial charge in [-0.2, -0.15) is 0 Å².